The van der Waals surface area contributed by atoms with E-state index >= 15 is 0 Å². The van der Waals surface area contributed by atoms with E-state index in [2.05, 4.69) is 22.3 Å². The Balaban J connectivity index is 2.05. The lowest BCUT2D eigenvalue weighted by atomic mass is 10.1. The lowest BCUT2D eigenvalue weighted by Crippen LogP contribution is -2.26. The Morgan fingerprint density at radius 2 is 1.82 bits per heavy atom. The maximum absolute atomic E-state index is 13.5. The number of fused-ring (bicyclic) bond motifs is 3. The second kappa shape index (κ2) is 6.53. The van der Waals surface area contributed by atoms with E-state index in [9.17, 15) is 10.1 Å². The van der Waals surface area contributed by atoms with Crippen LogP contribution in [0.1, 0.15) is 16.7 Å². The van der Waals surface area contributed by atoms with Gasteiger partial charge in [-0.1, -0.05) is 12.1 Å². The van der Waals surface area contributed by atoms with Crippen LogP contribution in [0.4, 0.5) is 5.69 Å². The van der Waals surface area contributed by atoms with Crippen LogP contribution in [0.15, 0.2) is 47.5 Å². The molecule has 0 radical (unpaired) electrons. The van der Waals surface area contributed by atoms with Crippen LogP contribution in [0, 0.1) is 22.7 Å². The molecule has 0 bridgehead atoms. The molecular weight excluding hydrogens is 354 g/mol. The van der Waals surface area contributed by atoms with Crippen molar-refractivity contribution in [2.24, 2.45) is 0 Å². The second-order valence-corrected chi connectivity index (χ2v) is 6.56. The molecule has 0 spiro atoms. The average molecular weight is 369 g/mol. The van der Waals surface area contributed by atoms with Gasteiger partial charge in [-0.15, -0.1) is 10.2 Å². The van der Waals surface area contributed by atoms with Gasteiger partial charge >= 0.3 is 0 Å². The van der Waals surface area contributed by atoms with Crippen LogP contribution in [0.2, 0.25) is 0 Å². The number of hydrogen-bond acceptors (Lipinski definition) is 6. The number of hydrogen-bond donors (Lipinski definition) is 0. The van der Waals surface area contributed by atoms with E-state index in [-0.39, 0.29) is 12.1 Å². The predicted octanol–water partition coefficient (Wildman–Crippen LogP) is 1.90. The Labute approximate surface area is 160 Å². The lowest BCUT2D eigenvalue weighted by Gasteiger charge is -2.18. The molecule has 0 saturated heterocycles. The summed E-state index contributed by atoms with van der Waals surface area (Å²) in [6.45, 7) is 0.270. The largest absolute Gasteiger partial charge is 0.376 e. The van der Waals surface area contributed by atoms with E-state index in [1.165, 1.54) is 4.57 Å². The first-order chi connectivity index (χ1) is 13.5. The highest BCUT2D eigenvalue weighted by molar-refractivity contribution is 5.95. The van der Waals surface area contributed by atoms with Crippen LogP contribution in [0.5, 0.6) is 0 Å². The molecule has 0 unspecified atom stereocenters. The molecule has 2 aromatic heterocycles. The molecule has 2 heterocycles. The van der Waals surface area contributed by atoms with Gasteiger partial charge in [0.25, 0.3) is 5.56 Å². The van der Waals surface area contributed by atoms with Gasteiger partial charge in [0.2, 0.25) is 5.78 Å². The molecule has 8 nitrogen and oxygen atoms in total. The standard InChI is InChI=1S/C20H15N7O/c1-25(2)18-15(10-22)7-8-16-17(18)19(28)26(20-24-23-12-27(16)20)11-14-5-3-13(9-21)4-6-14/h3-8,12H,11H2,1-2H3. The van der Waals surface area contributed by atoms with Gasteiger partial charge < -0.3 is 4.90 Å². The zero-order valence-electron chi connectivity index (χ0n) is 15.3. The van der Waals surface area contributed by atoms with E-state index < -0.39 is 0 Å². The van der Waals surface area contributed by atoms with Crippen LogP contribution in [-0.2, 0) is 6.54 Å². The van der Waals surface area contributed by atoms with E-state index in [1.807, 2.05) is 0 Å². The highest BCUT2D eigenvalue weighted by Gasteiger charge is 2.19. The molecule has 0 N–H and O–H groups in total. The van der Waals surface area contributed by atoms with Crippen LogP contribution in [0.25, 0.3) is 16.7 Å². The molecule has 0 saturated carbocycles. The highest BCUT2D eigenvalue weighted by atomic mass is 16.1. The highest BCUT2D eigenvalue weighted by Crippen LogP contribution is 2.27. The number of anilines is 1. The van der Waals surface area contributed by atoms with Crippen molar-refractivity contribution in [1.29, 1.82) is 10.5 Å². The number of nitrogens with zero attached hydrogens (tertiary/aromatic N) is 7. The van der Waals surface area contributed by atoms with Crippen molar-refractivity contribution < 1.29 is 0 Å². The number of rotatable bonds is 3. The normalized spacial score (nSPS) is 10.7. The third-order valence-corrected chi connectivity index (χ3v) is 4.64. The number of benzene rings is 2. The quantitative estimate of drug-likeness (QED) is 0.546. The van der Waals surface area contributed by atoms with Gasteiger partial charge in [-0.25, -0.2) is 0 Å². The van der Waals surface area contributed by atoms with Crippen molar-refractivity contribution in [3.8, 4) is 12.1 Å². The second-order valence-electron chi connectivity index (χ2n) is 6.56. The smallest absolute Gasteiger partial charge is 0.265 e. The monoisotopic (exact) mass is 369 g/mol. The maximum Gasteiger partial charge on any atom is 0.265 e. The van der Waals surface area contributed by atoms with Crippen molar-refractivity contribution in [2.45, 2.75) is 6.54 Å². The van der Waals surface area contributed by atoms with E-state index in [4.69, 9.17) is 5.26 Å². The van der Waals surface area contributed by atoms with Gasteiger partial charge in [-0.3, -0.25) is 13.8 Å². The molecule has 28 heavy (non-hydrogen) atoms. The molecule has 0 atom stereocenters. The first kappa shape index (κ1) is 17.3. The van der Waals surface area contributed by atoms with E-state index in [1.54, 1.807) is 66.1 Å². The van der Waals surface area contributed by atoms with Gasteiger partial charge in [0.05, 0.1) is 40.3 Å². The fourth-order valence-electron chi connectivity index (χ4n) is 3.37. The summed E-state index contributed by atoms with van der Waals surface area (Å²) < 4.78 is 3.28. The molecule has 136 valence electrons. The van der Waals surface area contributed by atoms with Gasteiger partial charge in [-0.05, 0) is 29.8 Å². The Morgan fingerprint density at radius 1 is 1.07 bits per heavy atom. The number of aromatic nitrogens is 4. The zero-order chi connectivity index (χ0) is 19.8. The topological polar surface area (TPSA) is 103 Å². The maximum atomic E-state index is 13.5. The minimum Gasteiger partial charge on any atom is -0.376 e. The molecule has 4 aromatic rings. The third kappa shape index (κ3) is 2.56. The van der Waals surface area contributed by atoms with Gasteiger partial charge in [0.1, 0.15) is 12.4 Å². The fraction of sp³-hybridized carbons (Fsp3) is 0.150. The van der Waals surface area contributed by atoms with Crippen molar-refractivity contribution in [1.82, 2.24) is 19.2 Å². The molecule has 0 fully saturated rings. The van der Waals surface area contributed by atoms with E-state index in [0.717, 1.165) is 5.56 Å². The molecule has 0 aliphatic rings. The zero-order valence-corrected chi connectivity index (χ0v) is 15.3. The van der Waals surface area contributed by atoms with Crippen LogP contribution < -0.4 is 10.5 Å². The van der Waals surface area contributed by atoms with Crippen molar-refractivity contribution in [2.75, 3.05) is 19.0 Å². The lowest BCUT2D eigenvalue weighted by molar-refractivity contribution is 0.766. The minimum absolute atomic E-state index is 0.249. The van der Waals surface area contributed by atoms with E-state index in [0.29, 0.717) is 33.5 Å². The predicted molar refractivity (Wildman–Crippen MR) is 104 cm³/mol. The molecule has 0 aliphatic heterocycles. The summed E-state index contributed by atoms with van der Waals surface area (Å²) in [5, 5.41) is 27.0. The Bertz CT molecular complexity index is 1350. The summed E-state index contributed by atoms with van der Waals surface area (Å²) in [6, 6.07) is 14.7. The van der Waals surface area contributed by atoms with Gasteiger partial charge in [0, 0.05) is 14.1 Å². The van der Waals surface area contributed by atoms with Crippen molar-refractivity contribution in [3.05, 3.63) is 69.8 Å². The van der Waals surface area contributed by atoms with Gasteiger partial charge in [0.15, 0.2) is 0 Å². The summed E-state index contributed by atoms with van der Waals surface area (Å²) in [6.07, 6.45) is 1.55. The summed E-state index contributed by atoms with van der Waals surface area (Å²) in [4.78, 5) is 15.2. The first-order valence-electron chi connectivity index (χ1n) is 8.51. The minimum atomic E-state index is -0.249. The average Bonchev–Trinajstić information content (AvgIpc) is 3.20. The van der Waals surface area contributed by atoms with Crippen LogP contribution in [0.3, 0.4) is 0 Å². The van der Waals surface area contributed by atoms with Crippen molar-refractivity contribution >= 4 is 22.4 Å². The fourth-order valence-corrected chi connectivity index (χ4v) is 3.37. The summed E-state index contributed by atoms with van der Waals surface area (Å²) in [7, 11) is 3.60. The Hall–Kier alpha value is -4.17. The van der Waals surface area contributed by atoms with Crippen LogP contribution >= 0.6 is 0 Å². The Kier molecular flexibility index (Phi) is 4.02. The molecule has 8 heteroatoms. The summed E-state index contributed by atoms with van der Waals surface area (Å²) >= 11 is 0. The molecular formula is C20H15N7O. The Morgan fingerprint density at radius 3 is 2.46 bits per heavy atom. The molecule has 2 aromatic carbocycles. The summed E-state index contributed by atoms with van der Waals surface area (Å²) in [5.74, 6) is 0.413. The number of nitriles is 2. The third-order valence-electron chi connectivity index (χ3n) is 4.64. The van der Waals surface area contributed by atoms with Crippen molar-refractivity contribution in [3.63, 3.8) is 0 Å². The van der Waals surface area contributed by atoms with Crippen LogP contribution in [-0.4, -0.2) is 33.3 Å². The van der Waals surface area contributed by atoms with Gasteiger partial charge in [-0.2, -0.15) is 10.5 Å². The molecule has 0 amide bonds. The molecule has 4 rings (SSSR count). The molecule has 0 aliphatic carbocycles. The first-order valence-corrected chi connectivity index (χ1v) is 8.51. The summed E-state index contributed by atoms with van der Waals surface area (Å²) in [5.41, 5.74) is 2.79. The SMILES string of the molecule is CN(C)c1c(C#N)ccc2c1c(=O)n(Cc1ccc(C#N)cc1)c1nncn21.